The molecule has 1 saturated heterocycles. The van der Waals surface area contributed by atoms with Crippen LogP contribution in [0.4, 0.5) is 0 Å². The molecule has 2 N–H and O–H groups in total. The quantitative estimate of drug-likeness (QED) is 0.735. The number of carbonyl (C=O) groups excluding carboxylic acids is 1. The number of hydrogen-bond acceptors (Lipinski definition) is 3. The van der Waals surface area contributed by atoms with Crippen molar-refractivity contribution in [2.24, 2.45) is 11.7 Å². The molecule has 1 aliphatic carbocycles. The summed E-state index contributed by atoms with van der Waals surface area (Å²) in [6.45, 7) is 3.27. The first-order valence-electron chi connectivity index (χ1n) is 5.67. The van der Waals surface area contributed by atoms with E-state index in [4.69, 9.17) is 10.5 Å². The molecule has 1 amide bonds. The molecule has 4 nitrogen and oxygen atoms in total. The van der Waals surface area contributed by atoms with E-state index < -0.39 is 5.54 Å². The standard InChI is InChI=1S/C11H20N2O2/c1-11(12,8-3-4-8)10(14)13(2)9-5-6-15-7-9/h8-9H,3-7,12H2,1-2H3. The molecular weight excluding hydrogens is 192 g/mol. The molecule has 2 rings (SSSR count). The Morgan fingerprint density at radius 2 is 2.13 bits per heavy atom. The SMILES string of the molecule is CN(C(=O)C(C)(N)C1CC1)C1CCOC1. The van der Waals surface area contributed by atoms with Gasteiger partial charge in [-0.2, -0.15) is 0 Å². The summed E-state index contributed by atoms with van der Waals surface area (Å²) >= 11 is 0. The van der Waals surface area contributed by atoms with Gasteiger partial charge in [0.05, 0.1) is 18.2 Å². The number of carbonyl (C=O) groups is 1. The summed E-state index contributed by atoms with van der Waals surface area (Å²) in [5, 5.41) is 0. The minimum absolute atomic E-state index is 0.0699. The van der Waals surface area contributed by atoms with E-state index in [-0.39, 0.29) is 11.9 Å². The van der Waals surface area contributed by atoms with E-state index >= 15 is 0 Å². The van der Waals surface area contributed by atoms with Crippen LogP contribution >= 0.6 is 0 Å². The van der Waals surface area contributed by atoms with Crippen molar-refractivity contribution < 1.29 is 9.53 Å². The van der Waals surface area contributed by atoms with Crippen molar-refractivity contribution in [2.45, 2.75) is 37.8 Å². The molecule has 1 aliphatic heterocycles. The van der Waals surface area contributed by atoms with Gasteiger partial charge in [-0.05, 0) is 32.1 Å². The van der Waals surface area contributed by atoms with Crippen LogP contribution in [0.15, 0.2) is 0 Å². The zero-order chi connectivity index (χ0) is 11.1. The summed E-state index contributed by atoms with van der Waals surface area (Å²) in [6.07, 6.45) is 3.12. The lowest BCUT2D eigenvalue weighted by Gasteiger charge is -2.32. The van der Waals surface area contributed by atoms with E-state index in [9.17, 15) is 4.79 Å². The van der Waals surface area contributed by atoms with Gasteiger partial charge in [0.25, 0.3) is 0 Å². The first kappa shape index (κ1) is 10.9. The number of nitrogens with two attached hydrogens (primary N) is 1. The Hall–Kier alpha value is -0.610. The first-order chi connectivity index (χ1) is 7.03. The van der Waals surface area contributed by atoms with Crippen LogP contribution < -0.4 is 5.73 Å². The molecule has 4 heteroatoms. The van der Waals surface area contributed by atoms with Crippen molar-refractivity contribution in [3.63, 3.8) is 0 Å². The highest BCUT2D eigenvalue weighted by molar-refractivity contribution is 5.86. The number of hydrogen-bond donors (Lipinski definition) is 1. The van der Waals surface area contributed by atoms with Crippen molar-refractivity contribution in [1.29, 1.82) is 0 Å². The predicted molar refractivity (Wildman–Crippen MR) is 57.3 cm³/mol. The second kappa shape index (κ2) is 3.76. The van der Waals surface area contributed by atoms with Crippen molar-refractivity contribution >= 4 is 5.91 Å². The summed E-state index contributed by atoms with van der Waals surface area (Å²) in [5.41, 5.74) is 5.43. The molecule has 0 aromatic heterocycles. The van der Waals surface area contributed by atoms with E-state index in [1.807, 2.05) is 14.0 Å². The van der Waals surface area contributed by atoms with Crippen LogP contribution in [0.3, 0.4) is 0 Å². The third-order valence-electron chi connectivity index (χ3n) is 3.66. The molecule has 86 valence electrons. The molecule has 0 bridgehead atoms. The topological polar surface area (TPSA) is 55.6 Å². The molecule has 1 saturated carbocycles. The average Bonchev–Trinajstić information content (AvgIpc) is 2.93. The second-order valence-electron chi connectivity index (χ2n) is 4.99. The van der Waals surface area contributed by atoms with E-state index in [2.05, 4.69) is 0 Å². The lowest BCUT2D eigenvalue weighted by Crippen LogP contribution is -2.56. The molecule has 1 heterocycles. The predicted octanol–water partition coefficient (Wildman–Crippen LogP) is 0.361. The molecule has 15 heavy (non-hydrogen) atoms. The molecule has 0 aromatic carbocycles. The largest absolute Gasteiger partial charge is 0.379 e. The van der Waals surface area contributed by atoms with Crippen LogP contribution in [-0.2, 0) is 9.53 Å². The zero-order valence-corrected chi connectivity index (χ0v) is 9.53. The highest BCUT2D eigenvalue weighted by atomic mass is 16.5. The van der Waals surface area contributed by atoms with E-state index in [1.165, 1.54) is 0 Å². The fourth-order valence-electron chi connectivity index (χ4n) is 2.23. The second-order valence-corrected chi connectivity index (χ2v) is 4.99. The minimum atomic E-state index is -0.669. The Bertz CT molecular complexity index is 255. The highest BCUT2D eigenvalue weighted by Gasteiger charge is 2.46. The number of nitrogens with zero attached hydrogens (tertiary/aromatic N) is 1. The molecule has 2 fully saturated rings. The van der Waals surface area contributed by atoms with Gasteiger partial charge >= 0.3 is 0 Å². The van der Waals surface area contributed by atoms with Crippen LogP contribution in [0.5, 0.6) is 0 Å². The Morgan fingerprint density at radius 3 is 2.60 bits per heavy atom. The van der Waals surface area contributed by atoms with Crippen molar-refractivity contribution in [3.8, 4) is 0 Å². The van der Waals surface area contributed by atoms with Gasteiger partial charge in [0.15, 0.2) is 0 Å². The van der Waals surface area contributed by atoms with Gasteiger partial charge in [0.2, 0.25) is 5.91 Å². The van der Waals surface area contributed by atoms with Crippen molar-refractivity contribution in [1.82, 2.24) is 4.90 Å². The minimum Gasteiger partial charge on any atom is -0.379 e. The monoisotopic (exact) mass is 212 g/mol. The third kappa shape index (κ3) is 2.01. The molecule has 2 aliphatic rings. The Labute approximate surface area is 90.8 Å². The normalized spacial score (nSPS) is 29.9. The van der Waals surface area contributed by atoms with Crippen molar-refractivity contribution in [2.75, 3.05) is 20.3 Å². The van der Waals surface area contributed by atoms with Crippen LogP contribution in [0.1, 0.15) is 26.2 Å². The molecule has 0 aromatic rings. The van der Waals surface area contributed by atoms with E-state index in [0.29, 0.717) is 12.5 Å². The van der Waals surface area contributed by atoms with Crippen molar-refractivity contribution in [3.05, 3.63) is 0 Å². The number of likely N-dealkylation sites (N-methyl/N-ethyl adjacent to an activating group) is 1. The Balaban J connectivity index is 1.99. The van der Waals surface area contributed by atoms with Crippen LogP contribution in [-0.4, -0.2) is 42.6 Å². The molecule has 0 spiro atoms. The van der Waals surface area contributed by atoms with Gasteiger partial charge < -0.3 is 15.4 Å². The lowest BCUT2D eigenvalue weighted by molar-refractivity contribution is -0.138. The average molecular weight is 212 g/mol. The molecule has 2 atom stereocenters. The summed E-state index contributed by atoms with van der Waals surface area (Å²) in [7, 11) is 1.84. The molecule has 0 radical (unpaired) electrons. The van der Waals surface area contributed by atoms with E-state index in [1.54, 1.807) is 4.90 Å². The molecular formula is C11H20N2O2. The maximum Gasteiger partial charge on any atom is 0.242 e. The summed E-state index contributed by atoms with van der Waals surface area (Å²) < 4.78 is 5.28. The Morgan fingerprint density at radius 1 is 1.47 bits per heavy atom. The first-order valence-corrected chi connectivity index (χ1v) is 5.67. The maximum atomic E-state index is 12.2. The van der Waals surface area contributed by atoms with Gasteiger partial charge in [0.1, 0.15) is 0 Å². The number of ether oxygens (including phenoxy) is 1. The van der Waals surface area contributed by atoms with Crippen LogP contribution in [0.25, 0.3) is 0 Å². The lowest BCUT2D eigenvalue weighted by atomic mass is 9.95. The molecule has 2 unspecified atom stereocenters. The fourth-order valence-corrected chi connectivity index (χ4v) is 2.23. The zero-order valence-electron chi connectivity index (χ0n) is 9.53. The fraction of sp³-hybridized carbons (Fsp3) is 0.909. The van der Waals surface area contributed by atoms with Crippen LogP contribution in [0.2, 0.25) is 0 Å². The summed E-state index contributed by atoms with van der Waals surface area (Å²) in [6, 6.07) is 0.221. The Kier molecular flexibility index (Phi) is 2.73. The van der Waals surface area contributed by atoms with Gasteiger partial charge in [-0.3, -0.25) is 4.79 Å². The summed E-state index contributed by atoms with van der Waals surface area (Å²) in [4.78, 5) is 14.0. The van der Waals surface area contributed by atoms with Crippen LogP contribution in [0, 0.1) is 5.92 Å². The maximum absolute atomic E-state index is 12.2. The third-order valence-corrected chi connectivity index (χ3v) is 3.66. The highest BCUT2D eigenvalue weighted by Crippen LogP contribution is 2.39. The number of amides is 1. The number of rotatable bonds is 3. The van der Waals surface area contributed by atoms with Gasteiger partial charge in [0, 0.05) is 13.7 Å². The van der Waals surface area contributed by atoms with Gasteiger partial charge in [-0.25, -0.2) is 0 Å². The van der Waals surface area contributed by atoms with Gasteiger partial charge in [-0.1, -0.05) is 0 Å². The summed E-state index contributed by atoms with van der Waals surface area (Å²) in [5.74, 6) is 0.454. The van der Waals surface area contributed by atoms with E-state index in [0.717, 1.165) is 25.9 Å². The smallest absolute Gasteiger partial charge is 0.242 e. The van der Waals surface area contributed by atoms with Gasteiger partial charge in [-0.15, -0.1) is 0 Å².